The average molecular weight is 536 g/mol. The van der Waals surface area contributed by atoms with Gasteiger partial charge in [-0.05, 0) is 50.3 Å². The van der Waals surface area contributed by atoms with Crippen LogP contribution < -0.4 is 10.6 Å². The lowest BCUT2D eigenvalue weighted by Crippen LogP contribution is -2.44. The fourth-order valence-electron chi connectivity index (χ4n) is 3.35. The molecule has 7 nitrogen and oxygen atoms in total. The Labute approximate surface area is 191 Å². The van der Waals surface area contributed by atoms with E-state index < -0.39 is 9.84 Å². The van der Waals surface area contributed by atoms with Crippen LogP contribution in [-0.2, 0) is 21.1 Å². The summed E-state index contributed by atoms with van der Waals surface area (Å²) in [5, 5.41) is 6.40. The minimum atomic E-state index is -3.16. The molecular formula is C20H33IN4O3S. The number of nitrogens with one attached hydrogen (secondary N) is 2. The lowest BCUT2D eigenvalue weighted by atomic mass is 10.0. The Morgan fingerprint density at radius 2 is 1.83 bits per heavy atom. The Bertz CT molecular complexity index is 781. The van der Waals surface area contributed by atoms with Crippen LogP contribution in [0.4, 0.5) is 0 Å². The quantitative estimate of drug-likeness (QED) is 0.317. The molecule has 1 aromatic rings. The zero-order chi connectivity index (χ0) is 20.6. The van der Waals surface area contributed by atoms with Crippen molar-refractivity contribution in [3.05, 3.63) is 29.8 Å². The van der Waals surface area contributed by atoms with E-state index in [0.29, 0.717) is 36.4 Å². The highest BCUT2D eigenvalue weighted by atomic mass is 127. The number of halogens is 1. The summed E-state index contributed by atoms with van der Waals surface area (Å²) < 4.78 is 23.0. The van der Waals surface area contributed by atoms with Gasteiger partial charge in [0.15, 0.2) is 15.8 Å². The molecule has 29 heavy (non-hydrogen) atoms. The molecule has 0 saturated carbocycles. The van der Waals surface area contributed by atoms with Crippen molar-refractivity contribution in [1.82, 2.24) is 15.5 Å². The van der Waals surface area contributed by atoms with Crippen molar-refractivity contribution in [1.29, 1.82) is 0 Å². The van der Waals surface area contributed by atoms with Gasteiger partial charge in [-0.1, -0.05) is 12.1 Å². The van der Waals surface area contributed by atoms with Crippen LogP contribution in [0.1, 0.15) is 38.2 Å². The van der Waals surface area contributed by atoms with Gasteiger partial charge in [0.1, 0.15) is 0 Å². The number of piperidine rings is 1. The van der Waals surface area contributed by atoms with Crippen LogP contribution in [0.25, 0.3) is 0 Å². The smallest absolute Gasteiger partial charge is 0.224 e. The summed E-state index contributed by atoms with van der Waals surface area (Å²) >= 11 is 0. The number of amides is 1. The molecule has 2 rings (SSSR count). The molecule has 1 heterocycles. The van der Waals surface area contributed by atoms with E-state index in [1.807, 2.05) is 17.0 Å². The highest BCUT2D eigenvalue weighted by Gasteiger charge is 2.22. The van der Waals surface area contributed by atoms with Gasteiger partial charge in [-0.2, -0.15) is 0 Å². The number of rotatable bonds is 7. The fourth-order valence-corrected chi connectivity index (χ4v) is 3.98. The Hall–Kier alpha value is -1.36. The number of likely N-dealkylation sites (tertiary alicyclic amines) is 1. The molecule has 1 amide bonds. The minimum absolute atomic E-state index is 0. The molecule has 0 radical (unpaired) electrons. The normalized spacial score (nSPS) is 17.4. The third kappa shape index (κ3) is 8.49. The number of carbonyl (C=O) groups is 1. The zero-order valence-electron chi connectivity index (χ0n) is 17.5. The molecule has 1 aliphatic rings. The predicted octanol–water partition coefficient (Wildman–Crippen LogP) is 2.21. The van der Waals surface area contributed by atoms with Gasteiger partial charge in [0.25, 0.3) is 0 Å². The number of nitrogens with zero attached hydrogens (tertiary/aromatic N) is 2. The van der Waals surface area contributed by atoms with E-state index >= 15 is 0 Å². The van der Waals surface area contributed by atoms with Gasteiger partial charge in [0, 0.05) is 45.4 Å². The first-order chi connectivity index (χ1) is 13.3. The van der Waals surface area contributed by atoms with Gasteiger partial charge in [0.2, 0.25) is 5.91 Å². The maximum absolute atomic E-state index is 12.4. The van der Waals surface area contributed by atoms with E-state index in [-0.39, 0.29) is 29.9 Å². The van der Waals surface area contributed by atoms with Crippen molar-refractivity contribution in [3.8, 4) is 0 Å². The number of aliphatic imine (C=N–C) groups is 1. The summed E-state index contributed by atoms with van der Waals surface area (Å²) in [4.78, 5) is 18.9. The topological polar surface area (TPSA) is 90.9 Å². The monoisotopic (exact) mass is 536 g/mol. The van der Waals surface area contributed by atoms with Crippen molar-refractivity contribution in [2.24, 2.45) is 4.99 Å². The van der Waals surface area contributed by atoms with Crippen molar-refractivity contribution >= 4 is 45.7 Å². The Morgan fingerprint density at radius 1 is 1.17 bits per heavy atom. The predicted molar refractivity (Wildman–Crippen MR) is 128 cm³/mol. The number of hydrogen-bond donors (Lipinski definition) is 2. The van der Waals surface area contributed by atoms with Crippen LogP contribution in [0.3, 0.4) is 0 Å². The summed E-state index contributed by atoms with van der Waals surface area (Å²) in [6.07, 6.45) is 5.80. The summed E-state index contributed by atoms with van der Waals surface area (Å²) in [6, 6.07) is 7.25. The highest BCUT2D eigenvalue weighted by molar-refractivity contribution is 14.0. The molecule has 2 N–H and O–H groups in total. The molecule has 1 aromatic carbocycles. The largest absolute Gasteiger partial charge is 0.356 e. The number of carbonyl (C=O) groups excluding carboxylic acids is 1. The molecule has 1 atom stereocenters. The first kappa shape index (κ1) is 25.7. The second kappa shape index (κ2) is 12.4. The third-order valence-corrected chi connectivity index (χ3v) is 6.16. The van der Waals surface area contributed by atoms with E-state index in [4.69, 9.17) is 0 Å². The lowest BCUT2D eigenvalue weighted by Gasteiger charge is -2.33. The molecule has 1 fully saturated rings. The Kier molecular flexibility index (Phi) is 10.9. The molecule has 0 spiro atoms. The first-order valence-corrected chi connectivity index (χ1v) is 11.7. The standard InChI is InChI=1S/C20H32N4O3S.HI/c1-16-6-4-5-15-24(16)19(25)12-14-23-20(21-2)22-13-11-17-7-9-18(10-8-17)28(3,26)27;/h7-10,16H,4-6,11-15H2,1-3H3,(H2,21,22,23);1H. The first-order valence-electron chi connectivity index (χ1n) is 9.84. The van der Waals surface area contributed by atoms with Crippen molar-refractivity contribution in [2.45, 2.75) is 50.0 Å². The Balaban J connectivity index is 0.00000420. The molecule has 1 saturated heterocycles. The van der Waals surface area contributed by atoms with E-state index in [9.17, 15) is 13.2 Å². The van der Waals surface area contributed by atoms with Crippen LogP contribution in [0.5, 0.6) is 0 Å². The maximum atomic E-state index is 12.4. The molecule has 0 aromatic heterocycles. The second-order valence-corrected chi connectivity index (χ2v) is 9.29. The van der Waals surface area contributed by atoms with Gasteiger partial charge in [-0.25, -0.2) is 8.42 Å². The van der Waals surface area contributed by atoms with E-state index in [1.165, 1.54) is 12.7 Å². The third-order valence-electron chi connectivity index (χ3n) is 5.04. The van der Waals surface area contributed by atoms with Crippen molar-refractivity contribution < 1.29 is 13.2 Å². The van der Waals surface area contributed by atoms with Crippen LogP contribution in [-0.4, -0.2) is 64.2 Å². The average Bonchev–Trinajstić information content (AvgIpc) is 2.66. The fraction of sp³-hybridized carbons (Fsp3) is 0.600. The molecule has 9 heteroatoms. The maximum Gasteiger partial charge on any atom is 0.224 e. The van der Waals surface area contributed by atoms with Crippen LogP contribution in [0.15, 0.2) is 34.2 Å². The molecular weight excluding hydrogens is 503 g/mol. The van der Waals surface area contributed by atoms with Crippen LogP contribution in [0, 0.1) is 0 Å². The molecule has 1 unspecified atom stereocenters. The molecule has 164 valence electrons. The highest BCUT2D eigenvalue weighted by Crippen LogP contribution is 2.17. The molecule has 0 bridgehead atoms. The summed E-state index contributed by atoms with van der Waals surface area (Å²) in [5.74, 6) is 0.855. The van der Waals surface area contributed by atoms with Crippen molar-refractivity contribution in [3.63, 3.8) is 0 Å². The van der Waals surface area contributed by atoms with Gasteiger partial charge in [0.05, 0.1) is 4.90 Å². The van der Waals surface area contributed by atoms with Gasteiger partial charge < -0.3 is 15.5 Å². The summed E-state index contributed by atoms with van der Waals surface area (Å²) in [5.41, 5.74) is 1.05. The Morgan fingerprint density at radius 3 is 2.41 bits per heavy atom. The van der Waals surface area contributed by atoms with Gasteiger partial charge >= 0.3 is 0 Å². The summed E-state index contributed by atoms with van der Waals surface area (Å²) in [6.45, 7) is 4.19. The van der Waals surface area contributed by atoms with Crippen molar-refractivity contribution in [2.75, 3.05) is 32.9 Å². The second-order valence-electron chi connectivity index (χ2n) is 7.27. The number of benzene rings is 1. The van der Waals surface area contributed by atoms with Gasteiger partial charge in [-0.15, -0.1) is 24.0 Å². The number of guanidine groups is 1. The SMILES string of the molecule is CN=C(NCCC(=O)N1CCCCC1C)NCCc1ccc(S(C)(=O)=O)cc1.I. The minimum Gasteiger partial charge on any atom is -0.356 e. The molecule has 1 aliphatic heterocycles. The summed E-state index contributed by atoms with van der Waals surface area (Å²) in [7, 11) is -1.46. The number of hydrogen-bond acceptors (Lipinski definition) is 4. The van der Waals surface area contributed by atoms with Gasteiger partial charge in [-0.3, -0.25) is 9.79 Å². The van der Waals surface area contributed by atoms with E-state index in [2.05, 4.69) is 22.5 Å². The van der Waals surface area contributed by atoms with E-state index in [0.717, 1.165) is 31.4 Å². The number of sulfone groups is 1. The molecule has 0 aliphatic carbocycles. The lowest BCUT2D eigenvalue weighted by molar-refractivity contribution is -0.134. The van der Waals surface area contributed by atoms with E-state index in [1.54, 1.807) is 19.2 Å². The van der Waals surface area contributed by atoms with Crippen LogP contribution >= 0.6 is 24.0 Å². The zero-order valence-corrected chi connectivity index (χ0v) is 20.6. The van der Waals surface area contributed by atoms with Crippen LogP contribution in [0.2, 0.25) is 0 Å².